The van der Waals surface area contributed by atoms with Crippen LogP contribution in [0.25, 0.3) is 0 Å². The lowest BCUT2D eigenvalue weighted by atomic mass is 9.71. The lowest BCUT2D eigenvalue weighted by Crippen LogP contribution is -2.59. The first kappa shape index (κ1) is 29.4. The average molecular weight is 586 g/mol. The van der Waals surface area contributed by atoms with Crippen molar-refractivity contribution in [3.05, 3.63) is 174 Å². The second kappa shape index (κ2) is 12.1. The van der Waals surface area contributed by atoms with Gasteiger partial charge in [-0.25, -0.2) is 0 Å². The standard InChI is InChI=1S/C39H39NO2S/c1-37(2)41-35(38(40(3)4,30-20-10-5-11-21-30)31-22-12-6-13-23-31)36(42-37)39(32-24-14-7-15-25-32,33-26-16-8-17-27-33)43-34-28-18-9-19-29-34/h5-29,35-36H,1-4H3/t35-,36-/m1/s1. The van der Waals surface area contributed by atoms with Gasteiger partial charge in [0.15, 0.2) is 5.79 Å². The number of hydrogen-bond acceptors (Lipinski definition) is 4. The van der Waals surface area contributed by atoms with Gasteiger partial charge >= 0.3 is 0 Å². The molecule has 43 heavy (non-hydrogen) atoms. The van der Waals surface area contributed by atoms with Crippen molar-refractivity contribution in [3.63, 3.8) is 0 Å². The summed E-state index contributed by atoms with van der Waals surface area (Å²) in [6, 6.07) is 53.8. The smallest absolute Gasteiger partial charge is 0.163 e. The van der Waals surface area contributed by atoms with Crippen molar-refractivity contribution in [1.29, 1.82) is 0 Å². The summed E-state index contributed by atoms with van der Waals surface area (Å²) in [5, 5.41) is 0. The summed E-state index contributed by atoms with van der Waals surface area (Å²) in [5.41, 5.74) is 3.97. The Hall–Kier alpha value is -3.67. The van der Waals surface area contributed by atoms with Crippen LogP contribution in [-0.4, -0.2) is 37.0 Å². The lowest BCUT2D eigenvalue weighted by molar-refractivity contribution is -0.157. The first-order valence-corrected chi connectivity index (χ1v) is 15.7. The van der Waals surface area contributed by atoms with Crippen LogP contribution < -0.4 is 0 Å². The summed E-state index contributed by atoms with van der Waals surface area (Å²) >= 11 is 1.84. The molecule has 0 saturated carbocycles. The van der Waals surface area contributed by atoms with E-state index in [-0.39, 0.29) is 0 Å². The van der Waals surface area contributed by atoms with Crippen LogP contribution in [0.5, 0.6) is 0 Å². The Morgan fingerprint density at radius 1 is 0.512 bits per heavy atom. The van der Waals surface area contributed by atoms with Gasteiger partial charge in [-0.05, 0) is 62.3 Å². The molecule has 1 aliphatic rings. The average Bonchev–Trinajstić information content (AvgIpc) is 3.38. The number of ether oxygens (including phenoxy) is 2. The Bertz CT molecular complexity index is 1510. The van der Waals surface area contributed by atoms with Crippen molar-refractivity contribution in [2.75, 3.05) is 14.1 Å². The summed E-state index contributed by atoms with van der Waals surface area (Å²) in [6.45, 7) is 4.09. The summed E-state index contributed by atoms with van der Waals surface area (Å²) in [7, 11) is 4.31. The maximum absolute atomic E-state index is 7.24. The summed E-state index contributed by atoms with van der Waals surface area (Å²) < 4.78 is 13.8. The van der Waals surface area contributed by atoms with E-state index in [1.54, 1.807) is 0 Å². The lowest BCUT2D eigenvalue weighted by Gasteiger charge is -2.50. The van der Waals surface area contributed by atoms with Crippen molar-refractivity contribution in [2.24, 2.45) is 0 Å². The third kappa shape index (κ3) is 5.34. The fourth-order valence-corrected chi connectivity index (χ4v) is 8.19. The van der Waals surface area contributed by atoms with E-state index in [1.165, 1.54) is 11.1 Å². The highest BCUT2D eigenvalue weighted by molar-refractivity contribution is 8.00. The quantitative estimate of drug-likeness (QED) is 0.161. The van der Waals surface area contributed by atoms with Gasteiger partial charge in [-0.3, -0.25) is 4.90 Å². The molecule has 1 fully saturated rings. The molecular weight excluding hydrogens is 547 g/mol. The zero-order chi connectivity index (χ0) is 29.9. The highest BCUT2D eigenvalue weighted by Gasteiger charge is 2.62. The summed E-state index contributed by atoms with van der Waals surface area (Å²) in [5.74, 6) is -0.841. The molecule has 0 N–H and O–H groups in total. The van der Waals surface area contributed by atoms with E-state index >= 15 is 0 Å². The molecule has 5 aromatic rings. The van der Waals surface area contributed by atoms with E-state index < -0.39 is 28.3 Å². The van der Waals surface area contributed by atoms with Gasteiger partial charge in [0.2, 0.25) is 0 Å². The number of hydrogen-bond donors (Lipinski definition) is 0. The number of thioether (sulfide) groups is 1. The number of rotatable bonds is 9. The third-order valence-corrected chi connectivity index (χ3v) is 10.0. The first-order valence-electron chi connectivity index (χ1n) is 14.9. The van der Waals surface area contributed by atoms with Gasteiger partial charge in [0, 0.05) is 4.90 Å². The molecule has 0 aliphatic carbocycles. The van der Waals surface area contributed by atoms with Crippen LogP contribution in [0.3, 0.4) is 0 Å². The SMILES string of the molecule is CN(C)C(c1ccccc1)(c1ccccc1)[C@@H]1OC(C)(C)O[C@H]1C(Sc1ccccc1)(c1ccccc1)c1ccccc1. The van der Waals surface area contributed by atoms with Crippen LogP contribution in [0.15, 0.2) is 157 Å². The normalized spacial score (nSPS) is 18.5. The molecule has 0 unspecified atom stereocenters. The molecule has 0 aromatic heterocycles. The van der Waals surface area contributed by atoms with Crippen LogP contribution in [-0.2, 0) is 19.8 Å². The van der Waals surface area contributed by atoms with Crippen LogP contribution in [0.2, 0.25) is 0 Å². The molecule has 0 bridgehead atoms. The fraction of sp³-hybridized carbons (Fsp3) is 0.231. The second-order valence-electron chi connectivity index (χ2n) is 11.8. The van der Waals surface area contributed by atoms with E-state index in [0.717, 1.165) is 16.0 Å². The molecule has 0 amide bonds. The molecule has 3 nitrogen and oxygen atoms in total. The maximum Gasteiger partial charge on any atom is 0.163 e. The van der Waals surface area contributed by atoms with Crippen LogP contribution in [0, 0.1) is 0 Å². The predicted octanol–water partition coefficient (Wildman–Crippen LogP) is 8.75. The second-order valence-corrected chi connectivity index (χ2v) is 13.1. The largest absolute Gasteiger partial charge is 0.342 e. The van der Waals surface area contributed by atoms with Crippen LogP contribution in [0.1, 0.15) is 36.1 Å². The topological polar surface area (TPSA) is 21.7 Å². The fourth-order valence-electron chi connectivity index (χ4n) is 6.73. The molecule has 0 spiro atoms. The van der Waals surface area contributed by atoms with Crippen molar-refractivity contribution < 1.29 is 9.47 Å². The van der Waals surface area contributed by atoms with E-state index in [2.05, 4.69) is 171 Å². The van der Waals surface area contributed by atoms with Gasteiger partial charge < -0.3 is 9.47 Å². The molecule has 2 atom stereocenters. The van der Waals surface area contributed by atoms with E-state index in [4.69, 9.17) is 9.47 Å². The monoisotopic (exact) mass is 585 g/mol. The molecule has 4 heteroatoms. The first-order chi connectivity index (χ1) is 20.9. The molecule has 218 valence electrons. The summed E-state index contributed by atoms with van der Waals surface area (Å²) in [6.07, 6.45) is -0.806. The van der Waals surface area contributed by atoms with Crippen LogP contribution in [0.4, 0.5) is 0 Å². The van der Waals surface area contributed by atoms with Gasteiger partial charge in [0.05, 0.1) is 4.75 Å². The Morgan fingerprint density at radius 2 is 0.860 bits per heavy atom. The van der Waals surface area contributed by atoms with Crippen molar-refractivity contribution >= 4 is 11.8 Å². The number of benzene rings is 5. The minimum atomic E-state index is -0.841. The van der Waals surface area contributed by atoms with Crippen molar-refractivity contribution in [2.45, 2.75) is 47.0 Å². The Morgan fingerprint density at radius 3 is 1.26 bits per heavy atom. The Balaban J connectivity index is 1.70. The molecule has 0 radical (unpaired) electrons. The van der Waals surface area contributed by atoms with E-state index in [0.29, 0.717) is 0 Å². The predicted molar refractivity (Wildman–Crippen MR) is 177 cm³/mol. The van der Waals surface area contributed by atoms with Gasteiger partial charge in [-0.2, -0.15) is 0 Å². The van der Waals surface area contributed by atoms with Gasteiger partial charge in [0.1, 0.15) is 17.7 Å². The summed E-state index contributed by atoms with van der Waals surface area (Å²) in [4.78, 5) is 3.48. The number of likely N-dealkylation sites (N-methyl/N-ethyl adjacent to an activating group) is 1. The Labute approximate surface area is 260 Å². The Kier molecular flexibility index (Phi) is 8.30. The maximum atomic E-state index is 7.24. The molecule has 1 aliphatic heterocycles. The van der Waals surface area contributed by atoms with Crippen LogP contribution >= 0.6 is 11.8 Å². The van der Waals surface area contributed by atoms with Gasteiger partial charge in [0.25, 0.3) is 0 Å². The minimum absolute atomic E-state index is 0.402. The van der Waals surface area contributed by atoms with E-state index in [1.807, 2.05) is 25.6 Å². The third-order valence-electron chi connectivity index (χ3n) is 8.47. The molecule has 6 rings (SSSR count). The van der Waals surface area contributed by atoms with E-state index in [9.17, 15) is 0 Å². The zero-order valence-corrected chi connectivity index (χ0v) is 26.1. The number of nitrogens with zero attached hydrogens (tertiary/aromatic N) is 1. The van der Waals surface area contributed by atoms with Crippen molar-refractivity contribution in [3.8, 4) is 0 Å². The van der Waals surface area contributed by atoms with Gasteiger partial charge in [-0.15, -0.1) is 11.8 Å². The highest BCUT2D eigenvalue weighted by Crippen LogP contribution is 2.58. The molecule has 1 heterocycles. The highest BCUT2D eigenvalue weighted by atomic mass is 32.2. The molecular formula is C39H39NO2S. The molecule has 1 saturated heterocycles. The zero-order valence-electron chi connectivity index (χ0n) is 25.3. The minimum Gasteiger partial charge on any atom is -0.342 e. The molecule has 5 aromatic carbocycles. The van der Waals surface area contributed by atoms with Crippen molar-refractivity contribution in [1.82, 2.24) is 4.90 Å². The van der Waals surface area contributed by atoms with Gasteiger partial charge in [-0.1, -0.05) is 140 Å².